The molecule has 0 bridgehead atoms. The Labute approximate surface area is 201 Å². The SMILES string of the molecule is COc1ccc(-c2c(C)c3cc(OC(=O)c4c(OC)cccc4OC)ccc3oc2=O)cc1OC. The number of carbonyl (C=O) groups is 1. The van der Waals surface area contributed by atoms with Crippen LogP contribution >= 0.6 is 0 Å². The van der Waals surface area contributed by atoms with Crippen LogP contribution in [0.15, 0.2) is 63.8 Å². The molecule has 0 aliphatic rings. The van der Waals surface area contributed by atoms with Gasteiger partial charge in [0.25, 0.3) is 0 Å². The van der Waals surface area contributed by atoms with Crippen LogP contribution in [0.2, 0.25) is 0 Å². The molecule has 0 fully saturated rings. The van der Waals surface area contributed by atoms with E-state index in [1.165, 1.54) is 28.4 Å². The third-order valence-electron chi connectivity index (χ3n) is 5.65. The molecule has 0 radical (unpaired) electrons. The number of methoxy groups -OCH3 is 4. The number of benzene rings is 3. The van der Waals surface area contributed by atoms with Crippen molar-refractivity contribution in [2.75, 3.05) is 28.4 Å². The Morgan fingerprint density at radius 1 is 0.771 bits per heavy atom. The third kappa shape index (κ3) is 4.38. The van der Waals surface area contributed by atoms with E-state index in [1.807, 2.05) is 0 Å². The molecule has 8 nitrogen and oxygen atoms in total. The lowest BCUT2D eigenvalue weighted by molar-refractivity contribution is 0.0727. The molecule has 0 N–H and O–H groups in total. The van der Waals surface area contributed by atoms with E-state index in [4.69, 9.17) is 28.1 Å². The number of ether oxygens (including phenoxy) is 5. The minimum Gasteiger partial charge on any atom is -0.496 e. The zero-order valence-electron chi connectivity index (χ0n) is 20.0. The number of esters is 1. The number of hydrogen-bond acceptors (Lipinski definition) is 8. The van der Waals surface area contributed by atoms with Gasteiger partial charge in [-0.05, 0) is 60.5 Å². The van der Waals surface area contributed by atoms with E-state index >= 15 is 0 Å². The van der Waals surface area contributed by atoms with Crippen LogP contribution in [0, 0.1) is 6.92 Å². The van der Waals surface area contributed by atoms with Gasteiger partial charge in [-0.2, -0.15) is 0 Å². The highest BCUT2D eigenvalue weighted by atomic mass is 16.5. The van der Waals surface area contributed by atoms with Crippen LogP contribution in [0.4, 0.5) is 0 Å². The molecule has 1 heterocycles. The van der Waals surface area contributed by atoms with Gasteiger partial charge in [0.1, 0.15) is 28.4 Å². The smallest absolute Gasteiger partial charge is 0.351 e. The van der Waals surface area contributed by atoms with E-state index in [9.17, 15) is 9.59 Å². The molecule has 4 rings (SSSR count). The van der Waals surface area contributed by atoms with Crippen molar-refractivity contribution in [3.63, 3.8) is 0 Å². The summed E-state index contributed by atoms with van der Waals surface area (Å²) in [5.74, 6) is 1.30. The molecule has 0 unspecified atom stereocenters. The molecule has 0 aliphatic carbocycles. The van der Waals surface area contributed by atoms with Crippen molar-refractivity contribution in [2.24, 2.45) is 0 Å². The maximum absolute atomic E-state index is 13.0. The van der Waals surface area contributed by atoms with Gasteiger partial charge in [-0.3, -0.25) is 0 Å². The number of fused-ring (bicyclic) bond motifs is 1. The fraction of sp³-hybridized carbons (Fsp3) is 0.185. The van der Waals surface area contributed by atoms with Gasteiger partial charge in [-0.1, -0.05) is 12.1 Å². The van der Waals surface area contributed by atoms with Crippen molar-refractivity contribution in [3.8, 4) is 39.9 Å². The van der Waals surface area contributed by atoms with Crippen LogP contribution in [-0.2, 0) is 0 Å². The third-order valence-corrected chi connectivity index (χ3v) is 5.65. The predicted octanol–water partition coefficient (Wildman–Crippen LogP) is 5.02. The topological polar surface area (TPSA) is 93.4 Å². The summed E-state index contributed by atoms with van der Waals surface area (Å²) in [6.07, 6.45) is 0. The summed E-state index contributed by atoms with van der Waals surface area (Å²) in [6, 6.07) is 15.0. The standard InChI is InChI=1S/C27H24O8/c1-15-18-14-17(34-27(29)25-21(31-3)7-6-8-22(25)32-4)10-12-19(18)35-26(28)24(15)16-9-11-20(30-2)23(13-16)33-5/h6-14H,1-5H3. The highest BCUT2D eigenvalue weighted by Crippen LogP contribution is 2.35. The molecule has 0 atom stereocenters. The summed E-state index contributed by atoms with van der Waals surface area (Å²) in [7, 11) is 5.98. The van der Waals surface area contributed by atoms with Gasteiger partial charge in [-0.15, -0.1) is 0 Å². The van der Waals surface area contributed by atoms with Crippen molar-refractivity contribution < 1.29 is 32.9 Å². The monoisotopic (exact) mass is 476 g/mol. The minimum atomic E-state index is -0.645. The number of carbonyl (C=O) groups excluding carboxylic acids is 1. The highest BCUT2D eigenvalue weighted by molar-refractivity contribution is 5.97. The molecule has 3 aromatic carbocycles. The second-order valence-corrected chi connectivity index (χ2v) is 7.54. The van der Waals surface area contributed by atoms with Gasteiger partial charge in [0.15, 0.2) is 11.5 Å². The van der Waals surface area contributed by atoms with Gasteiger partial charge in [0.2, 0.25) is 0 Å². The lowest BCUT2D eigenvalue weighted by Gasteiger charge is -2.14. The molecular weight excluding hydrogens is 452 g/mol. The van der Waals surface area contributed by atoms with Crippen LogP contribution in [0.5, 0.6) is 28.7 Å². The second kappa shape index (κ2) is 9.80. The molecule has 0 saturated carbocycles. The average Bonchev–Trinajstić information content (AvgIpc) is 2.88. The zero-order chi connectivity index (χ0) is 25.1. The Balaban J connectivity index is 1.78. The Hall–Kier alpha value is -4.46. The lowest BCUT2D eigenvalue weighted by Crippen LogP contribution is -2.12. The van der Waals surface area contributed by atoms with Crippen molar-refractivity contribution in [2.45, 2.75) is 6.92 Å². The van der Waals surface area contributed by atoms with Gasteiger partial charge in [0, 0.05) is 5.39 Å². The van der Waals surface area contributed by atoms with Crippen molar-refractivity contribution in [1.29, 1.82) is 0 Å². The largest absolute Gasteiger partial charge is 0.496 e. The average molecular weight is 476 g/mol. The first-order valence-corrected chi connectivity index (χ1v) is 10.6. The number of rotatable bonds is 7. The molecule has 35 heavy (non-hydrogen) atoms. The quantitative estimate of drug-likeness (QED) is 0.209. The summed E-state index contributed by atoms with van der Waals surface area (Å²) in [4.78, 5) is 25.8. The molecule has 0 aliphatic heterocycles. The first-order chi connectivity index (χ1) is 16.9. The van der Waals surface area contributed by atoms with Gasteiger partial charge >= 0.3 is 11.6 Å². The van der Waals surface area contributed by atoms with Crippen LogP contribution in [-0.4, -0.2) is 34.4 Å². The summed E-state index contributed by atoms with van der Waals surface area (Å²) < 4.78 is 32.5. The molecule has 0 amide bonds. The van der Waals surface area contributed by atoms with E-state index in [1.54, 1.807) is 61.5 Å². The number of aryl methyl sites for hydroxylation is 1. The van der Waals surface area contributed by atoms with Gasteiger partial charge < -0.3 is 28.1 Å². The Morgan fingerprint density at radius 3 is 2.06 bits per heavy atom. The van der Waals surface area contributed by atoms with E-state index in [0.29, 0.717) is 50.7 Å². The van der Waals surface area contributed by atoms with Crippen molar-refractivity contribution in [3.05, 3.63) is 76.1 Å². The van der Waals surface area contributed by atoms with Crippen LogP contribution in [0.25, 0.3) is 22.1 Å². The lowest BCUT2D eigenvalue weighted by atomic mass is 9.99. The van der Waals surface area contributed by atoms with Gasteiger partial charge in [0.05, 0.1) is 34.0 Å². The first-order valence-electron chi connectivity index (χ1n) is 10.6. The van der Waals surface area contributed by atoms with E-state index in [-0.39, 0.29) is 11.3 Å². The molecule has 180 valence electrons. The Morgan fingerprint density at radius 2 is 1.43 bits per heavy atom. The van der Waals surface area contributed by atoms with Crippen molar-refractivity contribution in [1.82, 2.24) is 0 Å². The molecule has 0 saturated heterocycles. The first kappa shape index (κ1) is 23.7. The summed E-state index contributed by atoms with van der Waals surface area (Å²) in [5.41, 5.74) is 1.68. The molecule has 8 heteroatoms. The summed E-state index contributed by atoms with van der Waals surface area (Å²) >= 11 is 0. The molecule has 4 aromatic rings. The van der Waals surface area contributed by atoms with Gasteiger partial charge in [-0.25, -0.2) is 9.59 Å². The highest BCUT2D eigenvalue weighted by Gasteiger charge is 2.21. The molecule has 0 spiro atoms. The molecular formula is C27H24O8. The normalized spacial score (nSPS) is 10.7. The number of hydrogen-bond donors (Lipinski definition) is 0. The molecule has 1 aromatic heterocycles. The Bertz CT molecular complexity index is 1450. The summed E-state index contributed by atoms with van der Waals surface area (Å²) in [6.45, 7) is 1.81. The van der Waals surface area contributed by atoms with Crippen LogP contribution in [0.3, 0.4) is 0 Å². The summed E-state index contributed by atoms with van der Waals surface area (Å²) in [5, 5.41) is 0.617. The minimum absolute atomic E-state index is 0.167. The zero-order valence-corrected chi connectivity index (χ0v) is 20.0. The van der Waals surface area contributed by atoms with Crippen LogP contribution < -0.4 is 29.3 Å². The second-order valence-electron chi connectivity index (χ2n) is 7.54. The van der Waals surface area contributed by atoms with E-state index in [2.05, 4.69) is 0 Å². The van der Waals surface area contributed by atoms with Crippen LogP contribution in [0.1, 0.15) is 15.9 Å². The fourth-order valence-corrected chi connectivity index (χ4v) is 3.93. The van der Waals surface area contributed by atoms with Crippen molar-refractivity contribution >= 4 is 16.9 Å². The van der Waals surface area contributed by atoms with E-state index in [0.717, 1.165) is 0 Å². The maximum atomic E-state index is 13.0. The predicted molar refractivity (Wildman–Crippen MR) is 130 cm³/mol. The Kier molecular flexibility index (Phi) is 6.64. The van der Waals surface area contributed by atoms with E-state index < -0.39 is 11.6 Å². The fourth-order valence-electron chi connectivity index (χ4n) is 3.93. The maximum Gasteiger partial charge on any atom is 0.351 e.